The number of fused-ring (bicyclic) bond motifs is 3. The molecule has 0 amide bonds. The van der Waals surface area contributed by atoms with E-state index in [1.165, 1.54) is 11.3 Å². The van der Waals surface area contributed by atoms with Gasteiger partial charge >= 0.3 is 0 Å². The highest BCUT2D eigenvalue weighted by molar-refractivity contribution is 7.15. The number of aryl methyl sites for hydroxylation is 1. The lowest BCUT2D eigenvalue weighted by Gasteiger charge is -1.93. The summed E-state index contributed by atoms with van der Waals surface area (Å²) in [7, 11) is 0. The molecule has 0 saturated heterocycles. The molecule has 0 aromatic carbocycles. The molecule has 2 N–H and O–H groups in total. The molecule has 0 saturated carbocycles. The van der Waals surface area contributed by atoms with Crippen molar-refractivity contribution in [1.29, 1.82) is 0 Å². The zero-order chi connectivity index (χ0) is 9.71. The topological polar surface area (TPSA) is 69.1 Å². The molecule has 0 unspecified atom stereocenters. The van der Waals surface area contributed by atoms with Crippen molar-refractivity contribution in [2.45, 2.75) is 6.92 Å². The molecule has 0 spiro atoms. The van der Waals surface area contributed by atoms with Crippen LogP contribution in [0.15, 0.2) is 11.4 Å². The van der Waals surface area contributed by atoms with E-state index < -0.39 is 0 Å². The van der Waals surface area contributed by atoms with Crippen LogP contribution in [0, 0.1) is 6.92 Å². The van der Waals surface area contributed by atoms with Crippen molar-refractivity contribution in [2.75, 3.05) is 5.73 Å². The van der Waals surface area contributed by atoms with Crippen LogP contribution in [0.2, 0.25) is 0 Å². The van der Waals surface area contributed by atoms with Crippen LogP contribution in [0.5, 0.6) is 0 Å². The Morgan fingerprint density at radius 2 is 2.29 bits per heavy atom. The van der Waals surface area contributed by atoms with Gasteiger partial charge in [-0.2, -0.15) is 5.10 Å². The van der Waals surface area contributed by atoms with Gasteiger partial charge in [0.25, 0.3) is 0 Å². The van der Waals surface area contributed by atoms with Crippen molar-refractivity contribution in [1.82, 2.24) is 19.8 Å². The van der Waals surface area contributed by atoms with Gasteiger partial charge in [0.2, 0.25) is 0 Å². The minimum atomic E-state index is 0.683. The molecule has 0 atom stereocenters. The van der Waals surface area contributed by atoms with Gasteiger partial charge in [0, 0.05) is 11.4 Å². The zero-order valence-electron chi connectivity index (χ0n) is 7.43. The second-order valence-corrected chi connectivity index (χ2v) is 4.00. The fraction of sp³-hybridized carbons (Fsp3) is 0.125. The van der Waals surface area contributed by atoms with Gasteiger partial charge in [-0.1, -0.05) is 0 Å². The normalized spacial score (nSPS) is 11.5. The Hall–Kier alpha value is -1.69. The first-order valence-corrected chi connectivity index (χ1v) is 4.99. The number of anilines is 1. The summed E-state index contributed by atoms with van der Waals surface area (Å²) in [5.74, 6) is 0. The van der Waals surface area contributed by atoms with Gasteiger partial charge in [-0.05, 0) is 6.92 Å². The smallest absolute Gasteiger partial charge is 0.178 e. The molecule has 0 aliphatic rings. The van der Waals surface area contributed by atoms with E-state index in [0.29, 0.717) is 5.00 Å². The SMILES string of the molecule is Cc1cc2nnc3c(N)scc3n2n1. The molecule has 0 aliphatic carbocycles. The minimum absolute atomic E-state index is 0.683. The predicted octanol–water partition coefficient (Wildman–Crippen LogP) is 1.23. The Morgan fingerprint density at radius 3 is 3.14 bits per heavy atom. The van der Waals surface area contributed by atoms with Gasteiger partial charge in [-0.3, -0.25) is 0 Å². The molecule has 3 aromatic heterocycles. The number of thiophene rings is 1. The summed E-state index contributed by atoms with van der Waals surface area (Å²) in [5.41, 5.74) is 9.08. The summed E-state index contributed by atoms with van der Waals surface area (Å²) in [6.07, 6.45) is 0. The lowest BCUT2D eigenvalue weighted by Crippen LogP contribution is -1.95. The van der Waals surface area contributed by atoms with Crippen LogP contribution < -0.4 is 5.73 Å². The highest BCUT2D eigenvalue weighted by Crippen LogP contribution is 2.25. The van der Waals surface area contributed by atoms with Crippen LogP contribution in [0.1, 0.15) is 5.69 Å². The predicted molar refractivity (Wildman–Crippen MR) is 55.3 cm³/mol. The van der Waals surface area contributed by atoms with Crippen LogP contribution in [0.4, 0.5) is 5.00 Å². The molecule has 5 nitrogen and oxygen atoms in total. The molecule has 0 radical (unpaired) electrons. The van der Waals surface area contributed by atoms with Crippen LogP contribution in [-0.4, -0.2) is 19.8 Å². The Labute approximate surface area is 83.2 Å². The highest BCUT2D eigenvalue weighted by Gasteiger charge is 2.08. The third-order valence-corrected chi connectivity index (χ3v) is 2.86. The number of nitrogens with two attached hydrogens (primary N) is 1. The highest BCUT2D eigenvalue weighted by atomic mass is 32.1. The third-order valence-electron chi connectivity index (χ3n) is 2.07. The molecular formula is C8H7N5S. The van der Waals surface area contributed by atoms with E-state index in [9.17, 15) is 0 Å². The molecule has 0 fully saturated rings. The maximum Gasteiger partial charge on any atom is 0.178 e. The monoisotopic (exact) mass is 205 g/mol. The first kappa shape index (κ1) is 7.69. The Kier molecular flexibility index (Phi) is 1.33. The van der Waals surface area contributed by atoms with E-state index in [0.717, 1.165) is 22.4 Å². The molecule has 3 aromatic rings. The summed E-state index contributed by atoms with van der Waals surface area (Å²) in [5, 5.41) is 15.0. The average molecular weight is 205 g/mol. The molecule has 0 bridgehead atoms. The summed E-state index contributed by atoms with van der Waals surface area (Å²) in [6.45, 7) is 1.93. The van der Waals surface area contributed by atoms with Gasteiger partial charge in [0.1, 0.15) is 16.0 Å². The molecule has 3 heterocycles. The summed E-state index contributed by atoms with van der Waals surface area (Å²) >= 11 is 1.46. The van der Waals surface area contributed by atoms with Crippen molar-refractivity contribution in [3.63, 3.8) is 0 Å². The van der Waals surface area contributed by atoms with Crippen LogP contribution >= 0.6 is 11.3 Å². The first-order valence-electron chi connectivity index (χ1n) is 4.11. The molecule has 3 rings (SSSR count). The van der Waals surface area contributed by atoms with E-state index in [2.05, 4.69) is 15.3 Å². The second-order valence-electron chi connectivity index (χ2n) is 3.09. The fourth-order valence-electron chi connectivity index (χ4n) is 1.44. The lowest BCUT2D eigenvalue weighted by molar-refractivity contribution is 0.929. The number of hydrogen-bond acceptors (Lipinski definition) is 5. The Balaban J connectivity index is 2.60. The molecular weight excluding hydrogens is 198 g/mol. The van der Waals surface area contributed by atoms with Crippen molar-refractivity contribution >= 4 is 33.0 Å². The molecule has 6 heteroatoms. The fourth-order valence-corrected chi connectivity index (χ4v) is 2.15. The van der Waals surface area contributed by atoms with Crippen LogP contribution in [0.25, 0.3) is 16.7 Å². The second kappa shape index (κ2) is 2.42. The van der Waals surface area contributed by atoms with E-state index in [1.807, 2.05) is 18.4 Å². The van der Waals surface area contributed by atoms with Gasteiger partial charge < -0.3 is 5.73 Å². The van der Waals surface area contributed by atoms with Crippen molar-refractivity contribution in [2.24, 2.45) is 0 Å². The van der Waals surface area contributed by atoms with Gasteiger partial charge in [0.15, 0.2) is 5.65 Å². The van der Waals surface area contributed by atoms with Gasteiger partial charge in [-0.25, -0.2) is 4.52 Å². The van der Waals surface area contributed by atoms with E-state index in [4.69, 9.17) is 5.73 Å². The summed E-state index contributed by atoms with van der Waals surface area (Å²) < 4.78 is 1.77. The summed E-state index contributed by atoms with van der Waals surface area (Å²) in [4.78, 5) is 0. The summed E-state index contributed by atoms with van der Waals surface area (Å²) in [6, 6.07) is 1.89. The average Bonchev–Trinajstić information content (AvgIpc) is 2.68. The number of hydrogen-bond donors (Lipinski definition) is 1. The quantitative estimate of drug-likeness (QED) is 0.599. The van der Waals surface area contributed by atoms with Crippen molar-refractivity contribution in [3.8, 4) is 0 Å². The Morgan fingerprint density at radius 1 is 1.43 bits per heavy atom. The number of nitrogen functional groups attached to an aromatic ring is 1. The maximum atomic E-state index is 5.75. The minimum Gasteiger partial charge on any atom is -0.389 e. The lowest BCUT2D eigenvalue weighted by atomic mass is 10.5. The van der Waals surface area contributed by atoms with E-state index in [-0.39, 0.29) is 0 Å². The van der Waals surface area contributed by atoms with Crippen molar-refractivity contribution in [3.05, 3.63) is 17.1 Å². The molecule has 0 aliphatic heterocycles. The largest absolute Gasteiger partial charge is 0.389 e. The Bertz CT molecular complexity index is 623. The molecule has 14 heavy (non-hydrogen) atoms. The van der Waals surface area contributed by atoms with Crippen molar-refractivity contribution < 1.29 is 0 Å². The maximum absolute atomic E-state index is 5.75. The molecule has 70 valence electrons. The van der Waals surface area contributed by atoms with Crippen LogP contribution in [-0.2, 0) is 0 Å². The number of nitrogens with zero attached hydrogens (tertiary/aromatic N) is 4. The van der Waals surface area contributed by atoms with Crippen LogP contribution in [0.3, 0.4) is 0 Å². The standard InChI is InChI=1S/C8H7N5S/c1-4-2-6-10-11-7-5(13(6)12-4)3-14-8(7)9/h2-3H,9H2,1H3. The number of aromatic nitrogens is 4. The third kappa shape index (κ3) is 0.856. The van der Waals surface area contributed by atoms with Gasteiger partial charge in [0.05, 0.1) is 5.69 Å². The van der Waals surface area contributed by atoms with Gasteiger partial charge in [-0.15, -0.1) is 21.5 Å². The van der Waals surface area contributed by atoms with E-state index >= 15 is 0 Å². The van der Waals surface area contributed by atoms with E-state index in [1.54, 1.807) is 4.52 Å². The number of rotatable bonds is 0. The zero-order valence-corrected chi connectivity index (χ0v) is 8.25. The first-order chi connectivity index (χ1) is 6.75.